The second kappa shape index (κ2) is 7.94. The minimum atomic E-state index is -0.197. The highest BCUT2D eigenvalue weighted by atomic mass is 16.5. The first-order valence-electron chi connectivity index (χ1n) is 9.82. The van der Waals surface area contributed by atoms with Gasteiger partial charge in [0.05, 0.1) is 18.5 Å². The molecule has 0 fully saturated rings. The molecule has 4 rings (SSSR count). The molecule has 0 radical (unpaired) electrons. The van der Waals surface area contributed by atoms with Gasteiger partial charge in [-0.3, -0.25) is 9.89 Å². The number of aromatic amines is 1. The number of methoxy groups -OCH3 is 1. The van der Waals surface area contributed by atoms with E-state index >= 15 is 0 Å². The van der Waals surface area contributed by atoms with Crippen molar-refractivity contribution in [3.8, 4) is 17.1 Å². The Labute approximate surface area is 175 Å². The maximum absolute atomic E-state index is 12.7. The SMILES string of the molecule is CCn1c(-c2cc(NC(=O)c3cccc(N(C)C)c3)n[nH]2)cc2cc(OC)ccc21. The van der Waals surface area contributed by atoms with Crippen molar-refractivity contribution in [2.24, 2.45) is 0 Å². The van der Waals surface area contributed by atoms with Crippen LogP contribution in [-0.2, 0) is 6.54 Å². The van der Waals surface area contributed by atoms with Gasteiger partial charge >= 0.3 is 0 Å². The maximum atomic E-state index is 12.7. The lowest BCUT2D eigenvalue weighted by atomic mass is 10.2. The molecule has 0 spiro atoms. The number of amides is 1. The molecule has 2 heterocycles. The second-order valence-electron chi connectivity index (χ2n) is 7.26. The lowest BCUT2D eigenvalue weighted by Crippen LogP contribution is -2.14. The van der Waals surface area contributed by atoms with E-state index in [2.05, 4.69) is 39.1 Å². The molecule has 0 saturated carbocycles. The maximum Gasteiger partial charge on any atom is 0.256 e. The number of aromatic nitrogens is 3. The Kier molecular flexibility index (Phi) is 5.18. The van der Waals surface area contributed by atoms with E-state index in [1.807, 2.05) is 55.4 Å². The van der Waals surface area contributed by atoms with Crippen LogP contribution in [-0.4, -0.2) is 41.9 Å². The number of anilines is 2. The molecule has 154 valence electrons. The number of benzene rings is 2. The van der Waals surface area contributed by atoms with Crippen molar-refractivity contribution in [1.29, 1.82) is 0 Å². The van der Waals surface area contributed by atoms with Gasteiger partial charge < -0.3 is 19.5 Å². The van der Waals surface area contributed by atoms with E-state index in [9.17, 15) is 4.79 Å². The standard InChI is InChI=1S/C23H25N5O2/c1-5-28-20-10-9-18(30-4)12-16(20)13-21(28)19-14-22(26-25-19)24-23(29)15-7-6-8-17(11-15)27(2)3/h6-14H,5H2,1-4H3,(H2,24,25,26,29). The average molecular weight is 403 g/mol. The first-order chi connectivity index (χ1) is 14.5. The fraction of sp³-hybridized carbons (Fsp3) is 0.217. The van der Waals surface area contributed by atoms with E-state index in [-0.39, 0.29) is 5.91 Å². The van der Waals surface area contributed by atoms with Gasteiger partial charge in [0, 0.05) is 48.9 Å². The molecule has 0 aliphatic rings. The number of aryl methyl sites for hydroxylation is 1. The number of hydrogen-bond acceptors (Lipinski definition) is 4. The summed E-state index contributed by atoms with van der Waals surface area (Å²) >= 11 is 0. The van der Waals surface area contributed by atoms with Gasteiger partial charge in [0.2, 0.25) is 0 Å². The van der Waals surface area contributed by atoms with E-state index in [1.54, 1.807) is 13.2 Å². The van der Waals surface area contributed by atoms with Crippen molar-refractivity contribution >= 4 is 28.3 Å². The quantitative estimate of drug-likeness (QED) is 0.501. The Morgan fingerprint density at radius 1 is 1.17 bits per heavy atom. The van der Waals surface area contributed by atoms with Gasteiger partial charge in [-0.05, 0) is 49.4 Å². The van der Waals surface area contributed by atoms with Crippen molar-refractivity contribution in [3.63, 3.8) is 0 Å². The Morgan fingerprint density at radius 2 is 2.00 bits per heavy atom. The lowest BCUT2D eigenvalue weighted by molar-refractivity contribution is 0.102. The van der Waals surface area contributed by atoms with E-state index in [0.29, 0.717) is 11.4 Å². The van der Waals surface area contributed by atoms with Gasteiger partial charge in [0.25, 0.3) is 5.91 Å². The molecule has 0 aliphatic carbocycles. The summed E-state index contributed by atoms with van der Waals surface area (Å²) in [4.78, 5) is 14.6. The van der Waals surface area contributed by atoms with Gasteiger partial charge in [-0.15, -0.1) is 0 Å². The zero-order chi connectivity index (χ0) is 21.3. The number of carbonyl (C=O) groups excluding carboxylic acids is 1. The van der Waals surface area contributed by atoms with Crippen LogP contribution in [0, 0.1) is 0 Å². The summed E-state index contributed by atoms with van der Waals surface area (Å²) in [7, 11) is 5.55. The van der Waals surface area contributed by atoms with Gasteiger partial charge in [-0.1, -0.05) is 6.07 Å². The van der Waals surface area contributed by atoms with Gasteiger partial charge in [0.15, 0.2) is 5.82 Å². The summed E-state index contributed by atoms with van der Waals surface area (Å²) in [5, 5.41) is 11.3. The van der Waals surface area contributed by atoms with Gasteiger partial charge in [-0.2, -0.15) is 5.10 Å². The highest BCUT2D eigenvalue weighted by Gasteiger charge is 2.15. The first-order valence-corrected chi connectivity index (χ1v) is 9.82. The Bertz CT molecular complexity index is 1210. The van der Waals surface area contributed by atoms with Crippen LogP contribution >= 0.6 is 0 Å². The molecule has 1 amide bonds. The van der Waals surface area contributed by atoms with Gasteiger partial charge in [-0.25, -0.2) is 0 Å². The van der Waals surface area contributed by atoms with Crippen LogP contribution in [0.4, 0.5) is 11.5 Å². The van der Waals surface area contributed by atoms with Crippen molar-refractivity contribution in [3.05, 3.63) is 60.2 Å². The smallest absolute Gasteiger partial charge is 0.256 e. The predicted molar refractivity (Wildman–Crippen MR) is 120 cm³/mol. The summed E-state index contributed by atoms with van der Waals surface area (Å²) in [5.74, 6) is 1.10. The summed E-state index contributed by atoms with van der Waals surface area (Å²) in [6, 6.07) is 17.4. The van der Waals surface area contributed by atoms with Crippen LogP contribution in [0.25, 0.3) is 22.3 Å². The zero-order valence-electron chi connectivity index (χ0n) is 17.6. The summed E-state index contributed by atoms with van der Waals surface area (Å²) in [6.07, 6.45) is 0. The van der Waals surface area contributed by atoms with E-state index in [0.717, 1.165) is 40.3 Å². The highest BCUT2D eigenvalue weighted by Crippen LogP contribution is 2.30. The molecule has 7 heteroatoms. The molecule has 0 aliphatic heterocycles. The van der Waals surface area contributed by atoms with Crippen LogP contribution in [0.1, 0.15) is 17.3 Å². The number of nitrogens with one attached hydrogen (secondary N) is 2. The number of rotatable bonds is 6. The van der Waals surface area contributed by atoms with Crippen LogP contribution in [0.3, 0.4) is 0 Å². The van der Waals surface area contributed by atoms with Crippen LogP contribution < -0.4 is 15.0 Å². The molecule has 7 nitrogen and oxygen atoms in total. The normalized spacial score (nSPS) is 10.9. The molecule has 4 aromatic rings. The number of H-pyrrole nitrogens is 1. The Morgan fingerprint density at radius 3 is 2.73 bits per heavy atom. The summed E-state index contributed by atoms with van der Waals surface area (Å²) in [6.45, 7) is 2.91. The Balaban J connectivity index is 1.61. The number of fused-ring (bicyclic) bond motifs is 1. The number of ether oxygens (including phenoxy) is 1. The van der Waals surface area contributed by atoms with Crippen molar-refractivity contribution in [1.82, 2.24) is 14.8 Å². The van der Waals surface area contributed by atoms with Crippen LogP contribution in [0.5, 0.6) is 5.75 Å². The summed E-state index contributed by atoms with van der Waals surface area (Å²) in [5.41, 5.74) is 4.51. The molecule has 2 aromatic heterocycles. The number of hydrogen-bond donors (Lipinski definition) is 2. The molecule has 2 aromatic carbocycles. The largest absolute Gasteiger partial charge is 0.497 e. The molecular weight excluding hydrogens is 378 g/mol. The van der Waals surface area contributed by atoms with Crippen molar-refractivity contribution < 1.29 is 9.53 Å². The fourth-order valence-corrected chi connectivity index (χ4v) is 3.57. The lowest BCUT2D eigenvalue weighted by Gasteiger charge is -2.13. The third-order valence-electron chi connectivity index (χ3n) is 5.14. The highest BCUT2D eigenvalue weighted by molar-refractivity contribution is 6.04. The minimum Gasteiger partial charge on any atom is -0.497 e. The van der Waals surface area contributed by atoms with E-state index in [4.69, 9.17) is 4.74 Å². The van der Waals surface area contributed by atoms with Crippen molar-refractivity contribution in [2.45, 2.75) is 13.5 Å². The van der Waals surface area contributed by atoms with Crippen molar-refractivity contribution in [2.75, 3.05) is 31.4 Å². The molecular formula is C23H25N5O2. The average Bonchev–Trinajstić information content (AvgIpc) is 3.37. The molecule has 0 unspecified atom stereocenters. The number of carbonyl (C=O) groups is 1. The van der Waals surface area contributed by atoms with E-state index in [1.165, 1.54) is 0 Å². The molecule has 30 heavy (non-hydrogen) atoms. The molecule has 0 atom stereocenters. The Hall–Kier alpha value is -3.74. The fourth-order valence-electron chi connectivity index (χ4n) is 3.57. The molecule has 0 saturated heterocycles. The topological polar surface area (TPSA) is 75.2 Å². The predicted octanol–water partition coefficient (Wildman–Crippen LogP) is 4.38. The van der Waals surface area contributed by atoms with E-state index < -0.39 is 0 Å². The first kappa shape index (κ1) is 19.6. The summed E-state index contributed by atoms with van der Waals surface area (Å²) < 4.78 is 7.55. The monoisotopic (exact) mass is 403 g/mol. The number of nitrogens with zero attached hydrogens (tertiary/aromatic N) is 3. The molecule has 0 bridgehead atoms. The van der Waals surface area contributed by atoms with Gasteiger partial charge in [0.1, 0.15) is 5.75 Å². The minimum absolute atomic E-state index is 0.197. The zero-order valence-corrected chi connectivity index (χ0v) is 17.6. The third-order valence-corrected chi connectivity index (χ3v) is 5.14. The second-order valence-corrected chi connectivity index (χ2v) is 7.26. The molecule has 2 N–H and O–H groups in total. The van der Waals surface area contributed by atoms with Crippen LogP contribution in [0.15, 0.2) is 54.6 Å². The third kappa shape index (κ3) is 3.61. The van der Waals surface area contributed by atoms with Crippen LogP contribution in [0.2, 0.25) is 0 Å².